The van der Waals surface area contributed by atoms with Crippen molar-refractivity contribution in [1.82, 2.24) is 0 Å². The maximum atomic E-state index is 8.89. The molecular weight excluding hydrogens is 194 g/mol. The molecule has 1 heterocycles. The fourth-order valence-corrected chi connectivity index (χ4v) is 4.78. The molecule has 0 radical (unpaired) electrons. The van der Waals surface area contributed by atoms with E-state index in [0.717, 1.165) is 29.7 Å². The first-order chi connectivity index (χ1) is 6.90. The van der Waals surface area contributed by atoms with Crippen LogP contribution in [0.3, 0.4) is 0 Å². The van der Waals surface area contributed by atoms with Crippen molar-refractivity contribution in [2.45, 2.75) is 43.8 Å². The van der Waals surface area contributed by atoms with Crippen LogP contribution in [0.25, 0.3) is 0 Å². The molecule has 0 aromatic rings. The van der Waals surface area contributed by atoms with E-state index in [1.807, 2.05) is 11.8 Å². The molecule has 76 valence electrons. The van der Waals surface area contributed by atoms with Crippen LogP contribution in [0.2, 0.25) is 0 Å². The lowest BCUT2D eigenvalue weighted by Crippen LogP contribution is -2.19. The van der Waals surface area contributed by atoms with Gasteiger partial charge in [-0.05, 0) is 31.6 Å². The fourth-order valence-electron chi connectivity index (χ4n) is 3.05. The van der Waals surface area contributed by atoms with Gasteiger partial charge in [0.25, 0.3) is 0 Å². The molecule has 1 saturated carbocycles. The van der Waals surface area contributed by atoms with Gasteiger partial charge in [0.15, 0.2) is 0 Å². The third-order valence-corrected chi connectivity index (χ3v) is 5.33. The predicted molar refractivity (Wildman–Crippen MR) is 58.8 cm³/mol. The van der Waals surface area contributed by atoms with Crippen LogP contribution in [0.15, 0.2) is 15.6 Å². The topological polar surface area (TPSA) is 32.6 Å². The Labute approximate surface area is 88.4 Å². The van der Waals surface area contributed by atoms with Crippen LogP contribution in [0, 0.1) is 5.92 Å². The Kier molecular flexibility index (Phi) is 2.08. The van der Waals surface area contributed by atoms with Crippen molar-refractivity contribution >= 4 is 17.5 Å². The number of allylic oxidation sites excluding steroid dienone is 2. The molecule has 2 unspecified atom stereocenters. The minimum atomic E-state index is 0.811. The molecule has 0 spiro atoms. The summed E-state index contributed by atoms with van der Waals surface area (Å²) < 4.78 is 0. The second-order valence-electron chi connectivity index (χ2n) is 4.45. The summed E-state index contributed by atoms with van der Waals surface area (Å²) >= 11 is 1.99. The number of hydrogen-bond donors (Lipinski definition) is 1. The van der Waals surface area contributed by atoms with E-state index in [1.54, 1.807) is 5.57 Å². The molecule has 0 bridgehead atoms. The first-order valence-corrected chi connectivity index (χ1v) is 6.39. The summed E-state index contributed by atoms with van der Waals surface area (Å²) in [4.78, 5) is 1.35. The molecule has 0 aromatic carbocycles. The van der Waals surface area contributed by atoms with Gasteiger partial charge in [-0.25, -0.2) is 0 Å². The largest absolute Gasteiger partial charge is 0.411 e. The van der Waals surface area contributed by atoms with Crippen LogP contribution in [-0.2, 0) is 0 Å². The van der Waals surface area contributed by atoms with E-state index < -0.39 is 0 Å². The third kappa shape index (κ3) is 1.14. The Bertz CT molecular complexity index is 321. The van der Waals surface area contributed by atoms with Crippen molar-refractivity contribution in [3.8, 4) is 0 Å². The Morgan fingerprint density at radius 3 is 2.93 bits per heavy atom. The molecule has 2 nitrogen and oxygen atoms in total. The average Bonchev–Trinajstić information content (AvgIpc) is 2.75. The van der Waals surface area contributed by atoms with E-state index in [0.29, 0.717) is 0 Å². The lowest BCUT2D eigenvalue weighted by Gasteiger charge is -2.26. The highest BCUT2D eigenvalue weighted by Crippen LogP contribution is 2.53. The van der Waals surface area contributed by atoms with Gasteiger partial charge in [-0.15, -0.1) is 11.8 Å². The molecule has 3 rings (SSSR count). The zero-order valence-corrected chi connectivity index (χ0v) is 9.02. The Balaban J connectivity index is 1.91. The number of nitrogens with zero attached hydrogens (tertiary/aromatic N) is 1. The average molecular weight is 209 g/mol. The molecule has 3 aliphatic rings. The molecule has 0 aromatic heterocycles. The molecule has 1 fully saturated rings. The van der Waals surface area contributed by atoms with Gasteiger partial charge >= 0.3 is 0 Å². The monoisotopic (exact) mass is 209 g/mol. The first kappa shape index (κ1) is 8.84. The van der Waals surface area contributed by atoms with Crippen LogP contribution in [0.5, 0.6) is 0 Å². The lowest BCUT2D eigenvalue weighted by molar-refractivity contribution is 0.318. The Morgan fingerprint density at radius 2 is 2.07 bits per heavy atom. The minimum Gasteiger partial charge on any atom is -0.411 e. The number of oxime groups is 1. The molecule has 1 N–H and O–H groups in total. The van der Waals surface area contributed by atoms with Crippen LogP contribution >= 0.6 is 11.8 Å². The highest BCUT2D eigenvalue weighted by Gasteiger charge is 2.41. The van der Waals surface area contributed by atoms with Crippen LogP contribution < -0.4 is 0 Å². The summed E-state index contributed by atoms with van der Waals surface area (Å²) in [5, 5.41) is 13.1. The quantitative estimate of drug-likeness (QED) is 0.491. The molecule has 2 atom stereocenters. The van der Waals surface area contributed by atoms with Gasteiger partial charge in [-0.2, -0.15) is 0 Å². The zero-order chi connectivity index (χ0) is 9.54. The van der Waals surface area contributed by atoms with Crippen molar-refractivity contribution in [3.05, 3.63) is 10.5 Å². The third-order valence-electron chi connectivity index (χ3n) is 3.72. The molecule has 2 aliphatic carbocycles. The summed E-state index contributed by atoms with van der Waals surface area (Å²) in [6.45, 7) is 0. The summed E-state index contributed by atoms with van der Waals surface area (Å²) in [7, 11) is 0. The fraction of sp³-hybridized carbons (Fsp3) is 0.727. The molecule has 3 heteroatoms. The van der Waals surface area contributed by atoms with E-state index in [2.05, 4.69) is 5.16 Å². The van der Waals surface area contributed by atoms with Crippen molar-refractivity contribution in [2.75, 3.05) is 0 Å². The maximum Gasteiger partial charge on any atom is 0.0933 e. The second kappa shape index (κ2) is 3.30. The SMILES string of the molecule is O/N=C1\CCC2=C1SC1CCCCC21. The van der Waals surface area contributed by atoms with Gasteiger partial charge in [0.2, 0.25) is 0 Å². The Hall–Kier alpha value is -0.440. The highest BCUT2D eigenvalue weighted by atomic mass is 32.2. The predicted octanol–water partition coefficient (Wildman–Crippen LogP) is 3.17. The van der Waals surface area contributed by atoms with E-state index in [9.17, 15) is 0 Å². The summed E-state index contributed by atoms with van der Waals surface area (Å²) in [6, 6.07) is 0. The number of hydrogen-bond acceptors (Lipinski definition) is 3. The smallest absolute Gasteiger partial charge is 0.0933 e. The van der Waals surface area contributed by atoms with E-state index in [-0.39, 0.29) is 0 Å². The van der Waals surface area contributed by atoms with Crippen molar-refractivity contribution in [2.24, 2.45) is 11.1 Å². The van der Waals surface area contributed by atoms with Gasteiger partial charge in [-0.1, -0.05) is 23.6 Å². The molecular formula is C11H15NOS. The van der Waals surface area contributed by atoms with Gasteiger partial charge < -0.3 is 5.21 Å². The van der Waals surface area contributed by atoms with Gasteiger partial charge in [0, 0.05) is 10.2 Å². The first-order valence-electron chi connectivity index (χ1n) is 5.51. The highest BCUT2D eigenvalue weighted by molar-refractivity contribution is 8.04. The molecule has 0 saturated heterocycles. The van der Waals surface area contributed by atoms with Gasteiger partial charge in [-0.3, -0.25) is 0 Å². The van der Waals surface area contributed by atoms with Crippen molar-refractivity contribution < 1.29 is 5.21 Å². The van der Waals surface area contributed by atoms with Crippen LogP contribution in [0.4, 0.5) is 0 Å². The van der Waals surface area contributed by atoms with Crippen molar-refractivity contribution in [3.63, 3.8) is 0 Å². The number of thioether (sulfide) groups is 1. The van der Waals surface area contributed by atoms with Crippen molar-refractivity contribution in [1.29, 1.82) is 0 Å². The van der Waals surface area contributed by atoms with E-state index in [1.165, 1.54) is 30.6 Å². The lowest BCUT2D eigenvalue weighted by atomic mass is 9.83. The van der Waals surface area contributed by atoms with E-state index >= 15 is 0 Å². The molecule has 1 aliphatic heterocycles. The van der Waals surface area contributed by atoms with Gasteiger partial charge in [0.05, 0.1) is 5.71 Å². The minimum absolute atomic E-state index is 0.811. The Morgan fingerprint density at radius 1 is 1.21 bits per heavy atom. The standard InChI is InChI=1S/C11H15NOS/c13-12-9-6-5-8-7-3-1-2-4-10(7)14-11(8)9/h7,10,13H,1-6H2/b12-9+. The summed E-state index contributed by atoms with van der Waals surface area (Å²) in [5.41, 5.74) is 2.58. The summed E-state index contributed by atoms with van der Waals surface area (Å²) in [6.07, 6.45) is 7.64. The number of rotatable bonds is 0. The normalized spacial score (nSPS) is 39.0. The zero-order valence-electron chi connectivity index (χ0n) is 8.20. The number of fused-ring (bicyclic) bond motifs is 2. The second-order valence-corrected chi connectivity index (χ2v) is 5.70. The van der Waals surface area contributed by atoms with Crippen LogP contribution in [-0.4, -0.2) is 16.2 Å². The molecule has 14 heavy (non-hydrogen) atoms. The summed E-state index contributed by atoms with van der Waals surface area (Å²) in [5.74, 6) is 0.822. The molecule has 0 amide bonds. The van der Waals surface area contributed by atoms with Crippen LogP contribution in [0.1, 0.15) is 38.5 Å². The van der Waals surface area contributed by atoms with Gasteiger partial charge in [0.1, 0.15) is 0 Å². The maximum absolute atomic E-state index is 8.89. The van der Waals surface area contributed by atoms with E-state index in [4.69, 9.17) is 5.21 Å².